The van der Waals surface area contributed by atoms with Crippen LogP contribution in [0.15, 0.2) is 64.4 Å². The SMILES string of the molecule is COCCn1c(=O)c2c(ncn2Cc2ccc([N+](=O)[O-])cc2)n(-c2ccccc2OC)c1=O. The molecule has 11 heteroatoms. The molecule has 2 heterocycles. The van der Waals surface area contributed by atoms with Crippen molar-refractivity contribution in [3.8, 4) is 11.4 Å². The second kappa shape index (κ2) is 9.09. The third-order valence-corrected chi connectivity index (χ3v) is 5.25. The molecule has 0 aliphatic carbocycles. The zero-order valence-corrected chi connectivity index (χ0v) is 18.0. The Balaban J connectivity index is 1.93. The summed E-state index contributed by atoms with van der Waals surface area (Å²) in [6, 6.07) is 13.0. The van der Waals surface area contributed by atoms with Crippen LogP contribution in [0.2, 0.25) is 0 Å². The molecule has 4 rings (SSSR count). The summed E-state index contributed by atoms with van der Waals surface area (Å²) in [6.07, 6.45) is 1.47. The molecule has 33 heavy (non-hydrogen) atoms. The van der Waals surface area contributed by atoms with Crippen molar-refractivity contribution in [3.05, 3.63) is 91.4 Å². The lowest BCUT2D eigenvalue weighted by molar-refractivity contribution is -0.384. The number of nitro benzene ring substituents is 1. The van der Waals surface area contributed by atoms with Crippen LogP contribution < -0.4 is 16.0 Å². The molecule has 0 aliphatic rings. The number of nitrogens with zero attached hydrogens (tertiary/aromatic N) is 5. The Hall–Kier alpha value is -4.25. The molecule has 0 saturated heterocycles. The molecule has 170 valence electrons. The topological polar surface area (TPSA) is 123 Å². The minimum absolute atomic E-state index is 0.0267. The fourth-order valence-electron chi connectivity index (χ4n) is 3.63. The number of imidazole rings is 1. The molecule has 0 fully saturated rings. The van der Waals surface area contributed by atoms with Gasteiger partial charge in [0.1, 0.15) is 5.75 Å². The first-order chi connectivity index (χ1) is 16.0. The van der Waals surface area contributed by atoms with E-state index in [0.29, 0.717) is 11.4 Å². The maximum atomic E-state index is 13.3. The third-order valence-electron chi connectivity index (χ3n) is 5.25. The predicted octanol–water partition coefficient (Wildman–Crippen LogP) is 1.96. The van der Waals surface area contributed by atoms with Crippen LogP contribution in [-0.4, -0.2) is 44.4 Å². The van der Waals surface area contributed by atoms with Crippen LogP contribution in [0.1, 0.15) is 5.56 Å². The van der Waals surface area contributed by atoms with Crippen LogP contribution in [0.4, 0.5) is 5.69 Å². The summed E-state index contributed by atoms with van der Waals surface area (Å²) in [5, 5.41) is 10.9. The number of hydrogen-bond donors (Lipinski definition) is 0. The highest BCUT2D eigenvalue weighted by Crippen LogP contribution is 2.23. The average Bonchev–Trinajstić information content (AvgIpc) is 3.23. The Morgan fingerprint density at radius 2 is 1.79 bits per heavy atom. The van der Waals surface area contributed by atoms with E-state index in [0.717, 1.165) is 10.1 Å². The standard InChI is InChI=1S/C22H21N5O6/c1-32-12-11-25-21(28)19-20(26(22(25)29)17-5-3-4-6-18(17)33-2)23-14-24(19)13-15-7-9-16(10-8-15)27(30)31/h3-10,14H,11-13H2,1-2H3. The Kier molecular flexibility index (Phi) is 6.05. The second-order valence-corrected chi connectivity index (χ2v) is 7.21. The van der Waals surface area contributed by atoms with Crippen molar-refractivity contribution in [3.63, 3.8) is 0 Å². The summed E-state index contributed by atoms with van der Waals surface area (Å²) in [5.74, 6) is 0.447. The number of para-hydroxylation sites is 2. The zero-order valence-electron chi connectivity index (χ0n) is 18.0. The van der Waals surface area contributed by atoms with Crippen molar-refractivity contribution >= 4 is 16.9 Å². The zero-order chi connectivity index (χ0) is 23.5. The van der Waals surface area contributed by atoms with Gasteiger partial charge in [-0.2, -0.15) is 0 Å². The molecule has 11 nitrogen and oxygen atoms in total. The minimum atomic E-state index is -0.561. The maximum Gasteiger partial charge on any atom is 0.337 e. The molecule has 0 aliphatic heterocycles. The van der Waals surface area contributed by atoms with Gasteiger partial charge in [-0.25, -0.2) is 14.3 Å². The Morgan fingerprint density at radius 3 is 2.45 bits per heavy atom. The first-order valence-electron chi connectivity index (χ1n) is 10.0. The van der Waals surface area contributed by atoms with Gasteiger partial charge in [-0.15, -0.1) is 0 Å². The van der Waals surface area contributed by atoms with Gasteiger partial charge in [-0.3, -0.25) is 19.5 Å². The van der Waals surface area contributed by atoms with E-state index in [4.69, 9.17) is 9.47 Å². The van der Waals surface area contributed by atoms with Crippen molar-refractivity contribution in [2.24, 2.45) is 0 Å². The number of nitro groups is 1. The number of fused-ring (bicyclic) bond motifs is 1. The highest BCUT2D eigenvalue weighted by Gasteiger charge is 2.21. The fourth-order valence-corrected chi connectivity index (χ4v) is 3.63. The van der Waals surface area contributed by atoms with E-state index in [1.807, 2.05) is 0 Å². The Bertz CT molecular complexity index is 1430. The van der Waals surface area contributed by atoms with Gasteiger partial charge in [-0.1, -0.05) is 24.3 Å². The fraction of sp³-hybridized carbons (Fsp3) is 0.227. The first kappa shape index (κ1) is 22.0. The molecule has 4 aromatic rings. The van der Waals surface area contributed by atoms with E-state index in [2.05, 4.69) is 4.98 Å². The summed E-state index contributed by atoms with van der Waals surface area (Å²) >= 11 is 0. The summed E-state index contributed by atoms with van der Waals surface area (Å²) < 4.78 is 14.6. The monoisotopic (exact) mass is 451 g/mol. The summed E-state index contributed by atoms with van der Waals surface area (Å²) in [5.41, 5.74) is 0.494. The highest BCUT2D eigenvalue weighted by molar-refractivity contribution is 5.73. The van der Waals surface area contributed by atoms with Crippen LogP contribution in [0, 0.1) is 10.1 Å². The number of aromatic nitrogens is 4. The summed E-state index contributed by atoms with van der Waals surface area (Å²) in [7, 11) is 2.98. The van der Waals surface area contributed by atoms with Gasteiger partial charge in [0.05, 0.1) is 37.2 Å². The number of rotatable bonds is 8. The average molecular weight is 451 g/mol. The van der Waals surface area contributed by atoms with Gasteiger partial charge in [0.2, 0.25) is 0 Å². The predicted molar refractivity (Wildman–Crippen MR) is 120 cm³/mol. The van der Waals surface area contributed by atoms with Crippen LogP contribution >= 0.6 is 0 Å². The number of ether oxygens (including phenoxy) is 2. The van der Waals surface area contributed by atoms with E-state index >= 15 is 0 Å². The smallest absolute Gasteiger partial charge is 0.337 e. The molecule has 2 aromatic heterocycles. The molecular weight excluding hydrogens is 430 g/mol. The second-order valence-electron chi connectivity index (χ2n) is 7.21. The Morgan fingerprint density at radius 1 is 1.06 bits per heavy atom. The first-order valence-corrected chi connectivity index (χ1v) is 10.0. The van der Waals surface area contributed by atoms with E-state index in [1.54, 1.807) is 41.0 Å². The van der Waals surface area contributed by atoms with Gasteiger partial charge in [0.15, 0.2) is 11.2 Å². The van der Waals surface area contributed by atoms with Crippen LogP contribution in [0.25, 0.3) is 16.9 Å². The van der Waals surface area contributed by atoms with E-state index in [9.17, 15) is 19.7 Å². The Labute approximate surface area is 187 Å². The van der Waals surface area contributed by atoms with Crippen molar-refractivity contribution in [1.82, 2.24) is 18.7 Å². The van der Waals surface area contributed by atoms with Crippen molar-refractivity contribution < 1.29 is 14.4 Å². The van der Waals surface area contributed by atoms with Crippen molar-refractivity contribution in [2.75, 3.05) is 20.8 Å². The molecular formula is C22H21N5O6. The number of non-ortho nitro benzene ring substituents is 1. The van der Waals surface area contributed by atoms with E-state index in [-0.39, 0.29) is 36.5 Å². The quantitative estimate of drug-likeness (QED) is 0.296. The van der Waals surface area contributed by atoms with Gasteiger partial charge < -0.3 is 14.0 Å². The summed E-state index contributed by atoms with van der Waals surface area (Å²) in [4.78, 5) is 41.5. The molecule has 0 amide bonds. The van der Waals surface area contributed by atoms with Gasteiger partial charge in [0.25, 0.3) is 11.2 Å². The molecule has 0 radical (unpaired) electrons. The molecule has 0 N–H and O–H groups in total. The lowest BCUT2D eigenvalue weighted by Gasteiger charge is -2.14. The van der Waals surface area contributed by atoms with Gasteiger partial charge in [0, 0.05) is 25.8 Å². The molecule has 2 aromatic carbocycles. The van der Waals surface area contributed by atoms with E-state index < -0.39 is 16.2 Å². The maximum absolute atomic E-state index is 13.3. The van der Waals surface area contributed by atoms with Gasteiger partial charge in [-0.05, 0) is 17.7 Å². The minimum Gasteiger partial charge on any atom is -0.495 e. The van der Waals surface area contributed by atoms with Crippen molar-refractivity contribution in [2.45, 2.75) is 13.1 Å². The number of methoxy groups -OCH3 is 2. The van der Waals surface area contributed by atoms with E-state index in [1.165, 1.54) is 37.2 Å². The van der Waals surface area contributed by atoms with Gasteiger partial charge >= 0.3 is 5.69 Å². The molecule has 0 bridgehead atoms. The highest BCUT2D eigenvalue weighted by atomic mass is 16.6. The summed E-state index contributed by atoms with van der Waals surface area (Å²) in [6.45, 7) is 0.461. The lowest BCUT2D eigenvalue weighted by Crippen LogP contribution is -2.41. The third kappa shape index (κ3) is 4.01. The number of benzene rings is 2. The molecule has 0 atom stereocenters. The normalized spacial score (nSPS) is 11.1. The number of hydrogen-bond acceptors (Lipinski definition) is 7. The van der Waals surface area contributed by atoms with Crippen LogP contribution in [0.5, 0.6) is 5.75 Å². The molecule has 0 saturated carbocycles. The molecule has 0 spiro atoms. The molecule has 0 unspecified atom stereocenters. The lowest BCUT2D eigenvalue weighted by atomic mass is 10.2. The van der Waals surface area contributed by atoms with Crippen LogP contribution in [0.3, 0.4) is 0 Å². The largest absolute Gasteiger partial charge is 0.495 e. The van der Waals surface area contributed by atoms with Crippen molar-refractivity contribution in [1.29, 1.82) is 0 Å². The van der Waals surface area contributed by atoms with Crippen LogP contribution in [-0.2, 0) is 17.8 Å².